The van der Waals surface area contributed by atoms with Crippen LogP contribution in [0, 0.1) is 51.8 Å². The number of rotatable bonds is 12. The Morgan fingerprint density at radius 1 is 0.884 bits per heavy atom. The van der Waals surface area contributed by atoms with E-state index in [1.807, 2.05) is 25.6 Å². The smallest absolute Gasteiger partial charge is 0.269 e. The van der Waals surface area contributed by atoms with Gasteiger partial charge in [-0.3, -0.25) is 20.2 Å². The minimum atomic E-state index is -0.373. The molecule has 10 nitrogen and oxygen atoms in total. The summed E-state index contributed by atoms with van der Waals surface area (Å²) in [6.07, 6.45) is 2.13. The van der Waals surface area contributed by atoms with E-state index < -0.39 is 0 Å². The van der Waals surface area contributed by atoms with E-state index in [-0.39, 0.29) is 21.2 Å². The summed E-state index contributed by atoms with van der Waals surface area (Å²) >= 11 is 3.58. The van der Waals surface area contributed by atoms with E-state index in [1.54, 1.807) is 36.0 Å². The number of aryl methyl sites for hydroxylation is 2. The molecule has 12 heteroatoms. The summed E-state index contributed by atoms with van der Waals surface area (Å²) in [6.45, 7) is 16.5. The van der Waals surface area contributed by atoms with Gasteiger partial charge in [-0.25, -0.2) is 9.98 Å². The lowest BCUT2D eigenvalue weighted by Crippen LogP contribution is -2.37. The summed E-state index contributed by atoms with van der Waals surface area (Å²) in [5.41, 5.74) is 3.32. The van der Waals surface area contributed by atoms with Crippen molar-refractivity contribution in [3.05, 3.63) is 67.8 Å². The molecule has 0 saturated carbocycles. The van der Waals surface area contributed by atoms with Gasteiger partial charge in [-0.2, -0.15) is 0 Å². The first-order valence-corrected chi connectivity index (χ1v) is 16.8. The Bertz CT molecular complexity index is 1400. The standard InChI is InChI=1S/C31H42N6O4S2/c1-7-20(3)17-35-19-29(43-31(35)33-28-12-10-26(37(40)41)16-22(28)5)23(6)24(8-2)18-34-13-14-42-30(34)32-27-11-9-25(36(38)39)15-21(27)4/h9-12,15-16,20,23-24,29H,7-8,13-14,17-19H2,1-6H3. The van der Waals surface area contributed by atoms with Crippen molar-refractivity contribution in [3.63, 3.8) is 0 Å². The van der Waals surface area contributed by atoms with E-state index in [9.17, 15) is 20.2 Å². The minimum absolute atomic E-state index is 0.0836. The third-order valence-electron chi connectivity index (χ3n) is 8.54. The maximum atomic E-state index is 11.2. The first-order chi connectivity index (χ1) is 20.5. The van der Waals surface area contributed by atoms with E-state index >= 15 is 0 Å². The first kappa shape index (κ1) is 32.8. The van der Waals surface area contributed by atoms with Crippen LogP contribution < -0.4 is 0 Å². The molecule has 232 valence electrons. The molecule has 0 N–H and O–H groups in total. The van der Waals surface area contributed by atoms with Gasteiger partial charge in [0.2, 0.25) is 0 Å². The molecule has 0 aliphatic carbocycles. The third kappa shape index (κ3) is 8.08. The largest absolute Gasteiger partial charge is 0.350 e. The summed E-state index contributed by atoms with van der Waals surface area (Å²) < 4.78 is 0. The Hall–Kier alpha value is -3.12. The third-order valence-corrected chi connectivity index (χ3v) is 11.0. The fourth-order valence-electron chi connectivity index (χ4n) is 5.49. The van der Waals surface area contributed by atoms with E-state index in [1.165, 1.54) is 12.1 Å². The van der Waals surface area contributed by atoms with Gasteiger partial charge < -0.3 is 9.80 Å². The number of hydrogen-bond donors (Lipinski definition) is 0. The van der Waals surface area contributed by atoms with Crippen molar-refractivity contribution in [1.29, 1.82) is 0 Å². The molecule has 2 saturated heterocycles. The fourth-order valence-corrected chi connectivity index (χ4v) is 7.91. The Balaban J connectivity index is 1.52. The Labute approximate surface area is 262 Å². The SMILES string of the molecule is CCC(C)CN1CC(C(C)C(CC)CN2CCSC2=Nc2ccc([N+](=O)[O-])cc2C)SC1=Nc1ccc([N+](=O)[O-])cc1C. The van der Waals surface area contributed by atoms with Crippen molar-refractivity contribution >= 4 is 56.6 Å². The number of nitro groups is 2. The molecular formula is C31H42N6O4S2. The second-order valence-corrected chi connectivity index (χ2v) is 13.9. The van der Waals surface area contributed by atoms with Crippen molar-refractivity contribution in [2.24, 2.45) is 27.7 Å². The van der Waals surface area contributed by atoms with Gasteiger partial charge in [0.15, 0.2) is 10.3 Å². The lowest BCUT2D eigenvalue weighted by Gasteiger charge is -2.31. The van der Waals surface area contributed by atoms with Crippen molar-refractivity contribution in [3.8, 4) is 0 Å². The van der Waals surface area contributed by atoms with Crippen LogP contribution in [0.25, 0.3) is 0 Å². The zero-order valence-electron chi connectivity index (χ0n) is 25.9. The van der Waals surface area contributed by atoms with Crippen LogP contribution in [0.3, 0.4) is 0 Å². The number of benzene rings is 2. The Kier molecular flexibility index (Phi) is 11.1. The second-order valence-electron chi connectivity index (χ2n) is 11.6. The number of thioether (sulfide) groups is 2. The van der Waals surface area contributed by atoms with Gasteiger partial charge >= 0.3 is 0 Å². The molecule has 0 spiro atoms. The molecular weight excluding hydrogens is 585 g/mol. The van der Waals surface area contributed by atoms with Gasteiger partial charge in [0.1, 0.15) is 0 Å². The summed E-state index contributed by atoms with van der Waals surface area (Å²) in [5, 5.41) is 24.7. The molecule has 4 atom stereocenters. The molecule has 43 heavy (non-hydrogen) atoms. The Morgan fingerprint density at radius 2 is 1.47 bits per heavy atom. The molecule has 0 radical (unpaired) electrons. The predicted molar refractivity (Wildman–Crippen MR) is 179 cm³/mol. The molecule has 0 aromatic heterocycles. The highest BCUT2D eigenvalue weighted by Gasteiger charge is 2.37. The van der Waals surface area contributed by atoms with Gasteiger partial charge in [0, 0.05) is 61.4 Å². The number of non-ortho nitro benzene ring substituents is 2. The lowest BCUT2D eigenvalue weighted by atomic mass is 9.88. The van der Waals surface area contributed by atoms with Gasteiger partial charge in [0.25, 0.3) is 11.4 Å². The zero-order valence-corrected chi connectivity index (χ0v) is 27.5. The highest BCUT2D eigenvalue weighted by Crippen LogP contribution is 2.39. The van der Waals surface area contributed by atoms with Crippen LogP contribution in [-0.4, -0.2) is 67.2 Å². The van der Waals surface area contributed by atoms with Crippen LogP contribution in [-0.2, 0) is 0 Å². The number of nitro benzene ring substituents is 2. The highest BCUT2D eigenvalue weighted by molar-refractivity contribution is 8.14. The van der Waals surface area contributed by atoms with Crippen LogP contribution in [0.2, 0.25) is 0 Å². The summed E-state index contributed by atoms with van der Waals surface area (Å²) in [7, 11) is 0. The molecule has 0 amide bonds. The van der Waals surface area contributed by atoms with E-state index in [2.05, 4.69) is 37.5 Å². The summed E-state index contributed by atoms with van der Waals surface area (Å²) in [4.78, 5) is 36.4. The van der Waals surface area contributed by atoms with Crippen LogP contribution in [0.5, 0.6) is 0 Å². The topological polar surface area (TPSA) is 117 Å². The zero-order chi connectivity index (χ0) is 31.3. The average molecular weight is 627 g/mol. The number of hydrogen-bond acceptors (Lipinski definition) is 8. The molecule has 2 aromatic carbocycles. The normalized spacial score (nSPS) is 21.0. The number of aliphatic imine (C=N–C) groups is 2. The van der Waals surface area contributed by atoms with Gasteiger partial charge in [-0.15, -0.1) is 0 Å². The van der Waals surface area contributed by atoms with E-state index in [0.717, 1.165) is 77.6 Å². The van der Waals surface area contributed by atoms with Crippen LogP contribution >= 0.6 is 23.5 Å². The van der Waals surface area contributed by atoms with Crippen LogP contribution in [0.4, 0.5) is 22.7 Å². The van der Waals surface area contributed by atoms with E-state index in [0.29, 0.717) is 23.0 Å². The van der Waals surface area contributed by atoms with E-state index in [4.69, 9.17) is 9.98 Å². The van der Waals surface area contributed by atoms with Gasteiger partial charge in [-0.05, 0) is 54.9 Å². The Morgan fingerprint density at radius 3 is 1.98 bits per heavy atom. The van der Waals surface area contributed by atoms with Crippen LogP contribution in [0.15, 0.2) is 46.4 Å². The monoisotopic (exact) mass is 626 g/mol. The molecule has 2 aliphatic heterocycles. The molecule has 2 aromatic rings. The maximum absolute atomic E-state index is 11.2. The molecule has 4 unspecified atom stereocenters. The molecule has 4 rings (SSSR count). The first-order valence-electron chi connectivity index (χ1n) is 15.0. The van der Waals surface area contributed by atoms with Crippen molar-refractivity contribution in [2.45, 2.75) is 59.6 Å². The van der Waals surface area contributed by atoms with Gasteiger partial charge in [0.05, 0.1) is 21.2 Å². The molecule has 2 fully saturated rings. The van der Waals surface area contributed by atoms with Crippen molar-refractivity contribution < 1.29 is 9.85 Å². The van der Waals surface area contributed by atoms with Crippen molar-refractivity contribution in [1.82, 2.24) is 9.80 Å². The summed E-state index contributed by atoms with van der Waals surface area (Å²) in [5.74, 6) is 2.38. The number of nitrogens with zero attached hydrogens (tertiary/aromatic N) is 6. The molecule has 2 aliphatic rings. The minimum Gasteiger partial charge on any atom is -0.350 e. The number of amidine groups is 2. The highest BCUT2D eigenvalue weighted by atomic mass is 32.2. The van der Waals surface area contributed by atoms with Crippen LogP contribution in [0.1, 0.15) is 51.7 Å². The fraction of sp³-hybridized carbons (Fsp3) is 0.548. The summed E-state index contributed by atoms with van der Waals surface area (Å²) in [6, 6.07) is 9.73. The average Bonchev–Trinajstić information content (AvgIpc) is 3.59. The van der Waals surface area contributed by atoms with Crippen molar-refractivity contribution in [2.75, 3.05) is 31.9 Å². The quantitative estimate of drug-likeness (QED) is 0.172. The van der Waals surface area contributed by atoms with Gasteiger partial charge in [-0.1, -0.05) is 64.1 Å². The predicted octanol–water partition coefficient (Wildman–Crippen LogP) is 7.97. The molecule has 2 heterocycles. The molecule has 0 bridgehead atoms. The second kappa shape index (κ2) is 14.6. The maximum Gasteiger partial charge on any atom is 0.269 e. The lowest BCUT2D eigenvalue weighted by molar-refractivity contribution is -0.385.